The third-order valence-electron chi connectivity index (χ3n) is 4.88. The number of aliphatic hydroxyl groups is 1. The molecule has 2 aliphatic rings. The molecule has 0 unspecified atom stereocenters. The Balaban J connectivity index is 0.000000917. The average molecular weight is 256 g/mol. The predicted molar refractivity (Wildman–Crippen MR) is 81.7 cm³/mol. The third-order valence-corrected chi connectivity index (χ3v) is 4.88. The van der Waals surface area contributed by atoms with Gasteiger partial charge in [-0.15, -0.1) is 0 Å². The van der Waals surface area contributed by atoms with Crippen molar-refractivity contribution in [1.82, 2.24) is 0 Å². The van der Waals surface area contributed by atoms with Crippen LogP contribution in [0.4, 0.5) is 0 Å². The van der Waals surface area contributed by atoms with Gasteiger partial charge in [-0.05, 0) is 62.2 Å². The fraction of sp³-hybridized carbons (Fsp3) is 1.00. The van der Waals surface area contributed by atoms with Gasteiger partial charge in [0.15, 0.2) is 0 Å². The van der Waals surface area contributed by atoms with Crippen molar-refractivity contribution in [2.45, 2.75) is 79.6 Å². The van der Waals surface area contributed by atoms with Crippen LogP contribution >= 0.6 is 0 Å². The molecule has 18 heavy (non-hydrogen) atoms. The predicted octanol–water partition coefficient (Wildman–Crippen LogP) is 5.27. The van der Waals surface area contributed by atoms with Gasteiger partial charge in [-0.2, -0.15) is 0 Å². The van der Waals surface area contributed by atoms with Crippen LogP contribution < -0.4 is 0 Å². The molecule has 0 atom stereocenters. The van der Waals surface area contributed by atoms with E-state index in [1.807, 2.05) is 13.8 Å². The molecular formula is C17H36O. The lowest BCUT2D eigenvalue weighted by molar-refractivity contribution is 0.119. The van der Waals surface area contributed by atoms with Crippen molar-refractivity contribution in [1.29, 1.82) is 0 Å². The molecule has 0 aromatic heterocycles. The van der Waals surface area contributed by atoms with E-state index in [0.717, 1.165) is 17.8 Å². The Morgan fingerprint density at radius 1 is 0.778 bits per heavy atom. The number of aliphatic hydroxyl groups excluding tert-OH is 1. The zero-order chi connectivity index (χ0) is 12.7. The molecule has 1 heteroatoms. The lowest BCUT2D eigenvalue weighted by Gasteiger charge is -2.36. The summed E-state index contributed by atoms with van der Waals surface area (Å²) in [5.74, 6) is 3.64. The Kier molecular flexibility index (Phi) is 9.81. The second-order valence-electron chi connectivity index (χ2n) is 5.98. The van der Waals surface area contributed by atoms with Gasteiger partial charge in [0.05, 0.1) is 0 Å². The molecule has 0 heterocycles. The molecule has 0 spiro atoms. The zero-order valence-corrected chi connectivity index (χ0v) is 12.1. The van der Waals surface area contributed by atoms with Crippen molar-refractivity contribution in [3.63, 3.8) is 0 Å². The first-order chi connectivity index (χ1) is 8.29. The molecule has 0 aromatic carbocycles. The van der Waals surface area contributed by atoms with Gasteiger partial charge >= 0.3 is 0 Å². The van der Waals surface area contributed by atoms with Crippen molar-refractivity contribution >= 4 is 0 Å². The van der Waals surface area contributed by atoms with Crippen LogP contribution in [-0.4, -0.2) is 11.7 Å². The highest BCUT2D eigenvalue weighted by Gasteiger charge is 2.29. The van der Waals surface area contributed by atoms with E-state index in [1.165, 1.54) is 51.4 Å². The summed E-state index contributed by atoms with van der Waals surface area (Å²) in [6.45, 7) is 6.83. The molecule has 0 aromatic rings. The molecule has 0 saturated heterocycles. The van der Waals surface area contributed by atoms with Crippen LogP contribution in [0.2, 0.25) is 0 Å². The number of hydrogen-bond donors (Lipinski definition) is 1. The van der Waals surface area contributed by atoms with Crippen LogP contribution in [0, 0.1) is 23.7 Å². The highest BCUT2D eigenvalue weighted by molar-refractivity contribution is 4.80. The molecule has 2 fully saturated rings. The molecule has 2 saturated carbocycles. The highest BCUT2D eigenvalue weighted by Crippen LogP contribution is 2.40. The Hall–Kier alpha value is -0.0400. The van der Waals surface area contributed by atoms with Crippen molar-refractivity contribution in [2.75, 3.05) is 6.61 Å². The Labute approximate surface area is 115 Å². The standard InChI is InChI=1S/C14H26O.C2H6.CH4/c1-11-2-6-13(7-3-11)14-8-4-12(10-15)5-9-14;1-2;/h11-15H,2-10H2,1H3;1-2H3;1H4. The lowest BCUT2D eigenvalue weighted by atomic mass is 9.69. The summed E-state index contributed by atoms with van der Waals surface area (Å²) in [7, 11) is 0. The van der Waals surface area contributed by atoms with Gasteiger partial charge in [-0.1, -0.05) is 41.0 Å². The summed E-state index contributed by atoms with van der Waals surface area (Å²) in [6.07, 6.45) is 11.2. The second kappa shape index (κ2) is 9.83. The molecule has 110 valence electrons. The van der Waals surface area contributed by atoms with Gasteiger partial charge in [-0.25, -0.2) is 0 Å². The maximum absolute atomic E-state index is 9.12. The molecule has 1 N–H and O–H groups in total. The van der Waals surface area contributed by atoms with E-state index >= 15 is 0 Å². The first-order valence-corrected chi connectivity index (χ1v) is 7.90. The summed E-state index contributed by atoms with van der Waals surface area (Å²) < 4.78 is 0. The van der Waals surface area contributed by atoms with Gasteiger partial charge in [0, 0.05) is 6.61 Å². The molecule has 0 radical (unpaired) electrons. The minimum atomic E-state index is 0. The van der Waals surface area contributed by atoms with E-state index < -0.39 is 0 Å². The van der Waals surface area contributed by atoms with Crippen LogP contribution in [0.5, 0.6) is 0 Å². The molecule has 0 bridgehead atoms. The van der Waals surface area contributed by atoms with Crippen molar-refractivity contribution in [2.24, 2.45) is 23.7 Å². The summed E-state index contributed by atoms with van der Waals surface area (Å²) >= 11 is 0. The maximum atomic E-state index is 9.12. The normalized spacial score (nSPS) is 36.0. The molecule has 2 rings (SSSR count). The summed E-state index contributed by atoms with van der Waals surface area (Å²) in [6, 6.07) is 0. The average Bonchev–Trinajstić information content (AvgIpc) is 2.42. The van der Waals surface area contributed by atoms with Gasteiger partial charge in [0.25, 0.3) is 0 Å². The van der Waals surface area contributed by atoms with Gasteiger partial charge in [0.2, 0.25) is 0 Å². The van der Waals surface area contributed by atoms with Crippen molar-refractivity contribution < 1.29 is 5.11 Å². The van der Waals surface area contributed by atoms with E-state index in [0.29, 0.717) is 12.5 Å². The number of hydrogen-bond acceptors (Lipinski definition) is 1. The molecular weight excluding hydrogens is 220 g/mol. The summed E-state index contributed by atoms with van der Waals surface area (Å²) in [5.41, 5.74) is 0. The third kappa shape index (κ3) is 5.30. The van der Waals surface area contributed by atoms with Gasteiger partial charge in [0.1, 0.15) is 0 Å². The Morgan fingerprint density at radius 3 is 1.56 bits per heavy atom. The van der Waals surface area contributed by atoms with E-state index in [-0.39, 0.29) is 7.43 Å². The highest BCUT2D eigenvalue weighted by atomic mass is 16.3. The first kappa shape index (κ1) is 18.0. The summed E-state index contributed by atoms with van der Waals surface area (Å²) in [4.78, 5) is 0. The largest absolute Gasteiger partial charge is 0.396 e. The maximum Gasteiger partial charge on any atom is 0.0459 e. The van der Waals surface area contributed by atoms with Gasteiger partial charge in [-0.3, -0.25) is 0 Å². The van der Waals surface area contributed by atoms with Crippen LogP contribution in [0.1, 0.15) is 79.6 Å². The van der Waals surface area contributed by atoms with Gasteiger partial charge < -0.3 is 5.11 Å². The van der Waals surface area contributed by atoms with Crippen LogP contribution in [0.15, 0.2) is 0 Å². The van der Waals surface area contributed by atoms with E-state index in [9.17, 15) is 0 Å². The van der Waals surface area contributed by atoms with Crippen molar-refractivity contribution in [3.05, 3.63) is 0 Å². The van der Waals surface area contributed by atoms with Crippen LogP contribution in [-0.2, 0) is 0 Å². The van der Waals surface area contributed by atoms with E-state index in [1.54, 1.807) is 0 Å². The van der Waals surface area contributed by atoms with Crippen LogP contribution in [0.25, 0.3) is 0 Å². The SMILES string of the molecule is C.CC.CC1CCC(C2CCC(CO)CC2)CC1. The van der Waals surface area contributed by atoms with E-state index in [4.69, 9.17) is 5.11 Å². The molecule has 0 aliphatic heterocycles. The number of rotatable bonds is 2. The summed E-state index contributed by atoms with van der Waals surface area (Å²) in [5, 5.41) is 9.12. The second-order valence-corrected chi connectivity index (χ2v) is 5.98. The van der Waals surface area contributed by atoms with Crippen molar-refractivity contribution in [3.8, 4) is 0 Å². The lowest BCUT2D eigenvalue weighted by Crippen LogP contribution is -2.26. The minimum absolute atomic E-state index is 0. The zero-order valence-electron chi connectivity index (χ0n) is 12.1. The van der Waals surface area contributed by atoms with Crippen LogP contribution in [0.3, 0.4) is 0 Å². The fourth-order valence-electron chi connectivity index (χ4n) is 3.60. The topological polar surface area (TPSA) is 20.2 Å². The van der Waals surface area contributed by atoms with E-state index in [2.05, 4.69) is 6.92 Å². The Bertz CT molecular complexity index is 174. The molecule has 2 aliphatic carbocycles. The molecule has 1 nitrogen and oxygen atoms in total. The minimum Gasteiger partial charge on any atom is -0.396 e. The monoisotopic (exact) mass is 256 g/mol. The fourth-order valence-corrected chi connectivity index (χ4v) is 3.60. The molecule has 0 amide bonds. The Morgan fingerprint density at radius 2 is 1.17 bits per heavy atom. The first-order valence-electron chi connectivity index (χ1n) is 7.90. The smallest absolute Gasteiger partial charge is 0.0459 e. The quantitative estimate of drug-likeness (QED) is 0.713.